The van der Waals surface area contributed by atoms with Crippen molar-refractivity contribution in [2.24, 2.45) is 5.92 Å². The summed E-state index contributed by atoms with van der Waals surface area (Å²) in [5.41, 5.74) is 0. The third-order valence-electron chi connectivity index (χ3n) is 2.93. The molecule has 1 N–H and O–H groups in total. The van der Waals surface area contributed by atoms with E-state index in [1.165, 1.54) is 12.8 Å². The molecule has 1 fully saturated rings. The average molecular weight is 209 g/mol. The van der Waals surface area contributed by atoms with Crippen LogP contribution in [0.25, 0.3) is 0 Å². The Morgan fingerprint density at radius 1 is 1.53 bits per heavy atom. The molecule has 0 aromatic carbocycles. The van der Waals surface area contributed by atoms with Gasteiger partial charge < -0.3 is 14.6 Å². The SMILES string of the molecule is Cc1cnc(N(C)CC2CCNCC2)o1. The zero-order valence-corrected chi connectivity index (χ0v) is 9.49. The number of hydrogen-bond donors (Lipinski definition) is 1. The molecule has 0 spiro atoms. The van der Waals surface area contributed by atoms with Gasteiger partial charge in [0.15, 0.2) is 0 Å². The Kier molecular flexibility index (Phi) is 3.26. The Hall–Kier alpha value is -1.03. The first-order chi connectivity index (χ1) is 7.25. The lowest BCUT2D eigenvalue weighted by atomic mass is 9.98. The van der Waals surface area contributed by atoms with Crippen molar-refractivity contribution in [3.05, 3.63) is 12.0 Å². The van der Waals surface area contributed by atoms with Crippen LogP contribution in [0.2, 0.25) is 0 Å². The number of rotatable bonds is 3. The van der Waals surface area contributed by atoms with Gasteiger partial charge in [-0.15, -0.1) is 0 Å². The van der Waals surface area contributed by atoms with E-state index < -0.39 is 0 Å². The molecule has 0 unspecified atom stereocenters. The van der Waals surface area contributed by atoms with E-state index in [2.05, 4.69) is 15.2 Å². The number of anilines is 1. The predicted octanol–water partition coefficient (Wildman–Crippen LogP) is 1.42. The standard InChI is InChI=1S/C11H19N3O/c1-9-7-13-11(15-9)14(2)8-10-3-5-12-6-4-10/h7,10,12H,3-6,8H2,1-2H3. The topological polar surface area (TPSA) is 41.3 Å². The molecule has 1 saturated heterocycles. The van der Waals surface area contributed by atoms with E-state index in [0.29, 0.717) is 0 Å². The third kappa shape index (κ3) is 2.72. The van der Waals surface area contributed by atoms with Crippen LogP contribution in [0, 0.1) is 12.8 Å². The van der Waals surface area contributed by atoms with Crippen LogP contribution < -0.4 is 10.2 Å². The highest BCUT2D eigenvalue weighted by molar-refractivity contribution is 5.24. The molecule has 15 heavy (non-hydrogen) atoms. The van der Waals surface area contributed by atoms with Crippen LogP contribution in [0.3, 0.4) is 0 Å². The van der Waals surface area contributed by atoms with Crippen LogP contribution in [0.5, 0.6) is 0 Å². The number of piperidine rings is 1. The highest BCUT2D eigenvalue weighted by Gasteiger charge is 2.17. The summed E-state index contributed by atoms with van der Waals surface area (Å²) in [7, 11) is 2.05. The van der Waals surface area contributed by atoms with Gasteiger partial charge in [0.25, 0.3) is 6.01 Å². The maximum Gasteiger partial charge on any atom is 0.297 e. The number of oxazole rings is 1. The fourth-order valence-corrected chi connectivity index (χ4v) is 2.05. The van der Waals surface area contributed by atoms with E-state index in [0.717, 1.165) is 37.3 Å². The maximum atomic E-state index is 5.49. The molecule has 2 rings (SSSR count). The van der Waals surface area contributed by atoms with Crippen molar-refractivity contribution in [3.8, 4) is 0 Å². The molecule has 1 aromatic heterocycles. The number of hydrogen-bond acceptors (Lipinski definition) is 4. The minimum Gasteiger partial charge on any atom is -0.429 e. The maximum absolute atomic E-state index is 5.49. The van der Waals surface area contributed by atoms with Gasteiger partial charge in [0.1, 0.15) is 5.76 Å². The van der Waals surface area contributed by atoms with E-state index >= 15 is 0 Å². The first kappa shape index (κ1) is 10.5. The fraction of sp³-hybridized carbons (Fsp3) is 0.727. The van der Waals surface area contributed by atoms with Crippen LogP contribution >= 0.6 is 0 Å². The average Bonchev–Trinajstić information content (AvgIpc) is 2.66. The lowest BCUT2D eigenvalue weighted by molar-refractivity contribution is 0.370. The zero-order chi connectivity index (χ0) is 10.7. The van der Waals surface area contributed by atoms with E-state index in [1.54, 1.807) is 6.20 Å². The van der Waals surface area contributed by atoms with Gasteiger partial charge in [-0.1, -0.05) is 0 Å². The molecule has 1 aliphatic heterocycles. The zero-order valence-electron chi connectivity index (χ0n) is 9.49. The molecule has 4 heteroatoms. The molecule has 0 saturated carbocycles. The van der Waals surface area contributed by atoms with Gasteiger partial charge >= 0.3 is 0 Å². The number of aryl methyl sites for hydroxylation is 1. The smallest absolute Gasteiger partial charge is 0.297 e. The molecular formula is C11H19N3O. The summed E-state index contributed by atoms with van der Waals surface area (Å²) < 4.78 is 5.49. The summed E-state index contributed by atoms with van der Waals surface area (Å²) in [5.74, 6) is 1.64. The minimum atomic E-state index is 0.742. The van der Waals surface area contributed by atoms with Crippen LogP contribution in [-0.2, 0) is 0 Å². The molecule has 0 amide bonds. The Labute approximate surface area is 90.7 Å². The third-order valence-corrected chi connectivity index (χ3v) is 2.93. The minimum absolute atomic E-state index is 0.742. The summed E-state index contributed by atoms with van der Waals surface area (Å²) in [5, 5.41) is 3.37. The lowest BCUT2D eigenvalue weighted by Crippen LogP contribution is -2.34. The van der Waals surface area contributed by atoms with Crippen molar-refractivity contribution in [2.75, 3.05) is 31.6 Å². The first-order valence-electron chi connectivity index (χ1n) is 5.60. The molecule has 0 aliphatic carbocycles. The summed E-state index contributed by atoms with van der Waals surface area (Å²) in [6.07, 6.45) is 4.28. The molecule has 1 aromatic rings. The highest BCUT2D eigenvalue weighted by atomic mass is 16.4. The highest BCUT2D eigenvalue weighted by Crippen LogP contribution is 2.17. The fourth-order valence-electron chi connectivity index (χ4n) is 2.05. The normalized spacial score (nSPS) is 18.0. The Bertz CT molecular complexity index is 305. The second kappa shape index (κ2) is 4.66. The number of aromatic nitrogens is 1. The van der Waals surface area contributed by atoms with E-state index in [9.17, 15) is 0 Å². The molecule has 0 atom stereocenters. The van der Waals surface area contributed by atoms with Gasteiger partial charge in [0.05, 0.1) is 6.20 Å². The van der Waals surface area contributed by atoms with Gasteiger partial charge in [-0.3, -0.25) is 0 Å². The van der Waals surface area contributed by atoms with Crippen molar-refractivity contribution >= 4 is 6.01 Å². The van der Waals surface area contributed by atoms with Crippen molar-refractivity contribution in [3.63, 3.8) is 0 Å². The van der Waals surface area contributed by atoms with E-state index in [-0.39, 0.29) is 0 Å². The van der Waals surface area contributed by atoms with Crippen LogP contribution in [0.1, 0.15) is 18.6 Å². The van der Waals surface area contributed by atoms with E-state index in [4.69, 9.17) is 4.42 Å². The van der Waals surface area contributed by atoms with Gasteiger partial charge in [0.2, 0.25) is 0 Å². The summed E-state index contributed by atoms with van der Waals surface area (Å²) in [4.78, 5) is 6.34. The predicted molar refractivity (Wildman–Crippen MR) is 60.1 cm³/mol. The van der Waals surface area contributed by atoms with Gasteiger partial charge in [0, 0.05) is 13.6 Å². The monoisotopic (exact) mass is 209 g/mol. The van der Waals surface area contributed by atoms with Crippen LogP contribution in [0.15, 0.2) is 10.6 Å². The summed E-state index contributed by atoms with van der Waals surface area (Å²) in [6, 6.07) is 0.742. The quantitative estimate of drug-likeness (QED) is 0.817. The molecule has 2 heterocycles. The largest absolute Gasteiger partial charge is 0.429 e. The molecule has 4 nitrogen and oxygen atoms in total. The van der Waals surface area contributed by atoms with Crippen LogP contribution in [0.4, 0.5) is 6.01 Å². The van der Waals surface area contributed by atoms with Gasteiger partial charge in [-0.2, -0.15) is 0 Å². The molecule has 1 aliphatic rings. The number of nitrogens with zero attached hydrogens (tertiary/aromatic N) is 2. The van der Waals surface area contributed by atoms with Crippen molar-refractivity contribution in [2.45, 2.75) is 19.8 Å². The molecular weight excluding hydrogens is 190 g/mol. The van der Waals surface area contributed by atoms with Gasteiger partial charge in [-0.05, 0) is 38.8 Å². The molecule has 84 valence electrons. The second-order valence-corrected chi connectivity index (χ2v) is 4.33. The Balaban J connectivity index is 1.88. The molecule has 0 bridgehead atoms. The van der Waals surface area contributed by atoms with Crippen molar-refractivity contribution < 1.29 is 4.42 Å². The molecule has 0 radical (unpaired) electrons. The lowest BCUT2D eigenvalue weighted by Gasteiger charge is -2.26. The summed E-state index contributed by atoms with van der Waals surface area (Å²) >= 11 is 0. The second-order valence-electron chi connectivity index (χ2n) is 4.33. The Morgan fingerprint density at radius 3 is 2.87 bits per heavy atom. The van der Waals surface area contributed by atoms with Crippen molar-refractivity contribution in [1.82, 2.24) is 10.3 Å². The van der Waals surface area contributed by atoms with Crippen LogP contribution in [-0.4, -0.2) is 31.7 Å². The number of nitrogens with one attached hydrogen (secondary N) is 1. The first-order valence-corrected chi connectivity index (χ1v) is 5.60. The summed E-state index contributed by atoms with van der Waals surface area (Å²) in [6.45, 7) is 5.25. The Morgan fingerprint density at radius 2 is 2.27 bits per heavy atom. The van der Waals surface area contributed by atoms with E-state index in [1.807, 2.05) is 14.0 Å². The van der Waals surface area contributed by atoms with Gasteiger partial charge in [-0.25, -0.2) is 4.98 Å². The van der Waals surface area contributed by atoms with Crippen molar-refractivity contribution in [1.29, 1.82) is 0 Å².